The molecule has 0 bridgehead atoms. The van der Waals surface area contributed by atoms with Crippen LogP contribution in [-0.4, -0.2) is 58.5 Å². The number of carbonyl (C=O) groups is 2. The lowest BCUT2D eigenvalue weighted by molar-refractivity contribution is -0.139. The third-order valence-corrected chi connectivity index (χ3v) is 8.63. The summed E-state index contributed by atoms with van der Waals surface area (Å²) in [6.07, 6.45) is 1.70. The van der Waals surface area contributed by atoms with Crippen LogP contribution >= 0.6 is 11.6 Å². The first kappa shape index (κ1) is 31.8. The number of carbonyl (C=O) groups excluding carboxylic acids is 2. The van der Waals surface area contributed by atoms with Crippen molar-refractivity contribution in [2.24, 2.45) is 0 Å². The number of amides is 2. The molecule has 0 aliphatic heterocycles. The normalized spacial score (nSPS) is 11.8. The molecule has 0 heterocycles. The quantitative estimate of drug-likeness (QED) is 0.264. The fraction of sp³-hybridized carbons (Fsp3) is 0.333. The third kappa shape index (κ3) is 8.14. The monoisotopic (exact) mass is 601 g/mol. The molecular weight excluding hydrogens is 566 g/mol. The zero-order valence-electron chi connectivity index (χ0n) is 23.7. The van der Waals surface area contributed by atoms with Crippen LogP contribution in [0.4, 0.5) is 5.69 Å². The Kier molecular flexibility index (Phi) is 11.4. The van der Waals surface area contributed by atoms with Crippen LogP contribution in [-0.2, 0) is 26.2 Å². The number of hydrogen-bond acceptors (Lipinski definition) is 6. The topological polar surface area (TPSA) is 105 Å². The van der Waals surface area contributed by atoms with Crippen LogP contribution in [0.1, 0.15) is 32.3 Å². The molecule has 3 aromatic carbocycles. The maximum atomic E-state index is 14.0. The zero-order chi connectivity index (χ0) is 30.0. The molecule has 1 atom stereocenters. The molecule has 9 nitrogen and oxygen atoms in total. The number of rotatable bonds is 14. The number of hydrogen-bond donors (Lipinski definition) is 1. The smallest absolute Gasteiger partial charge is 0.264 e. The SMILES string of the molecule is CCCCNC(=O)[C@H](C)N(Cc1ccc(OC)cc1)C(=O)CN(c1ccc(OC)c(Cl)c1)S(=O)(=O)c1ccccc1. The largest absolute Gasteiger partial charge is 0.497 e. The van der Waals surface area contributed by atoms with Crippen molar-refractivity contribution in [3.8, 4) is 11.5 Å². The van der Waals surface area contributed by atoms with Gasteiger partial charge in [0, 0.05) is 13.1 Å². The third-order valence-electron chi connectivity index (χ3n) is 6.54. The van der Waals surface area contributed by atoms with E-state index in [0.717, 1.165) is 22.7 Å². The Labute approximate surface area is 247 Å². The summed E-state index contributed by atoms with van der Waals surface area (Å²) in [5, 5.41) is 3.05. The minimum Gasteiger partial charge on any atom is -0.497 e. The van der Waals surface area contributed by atoms with Gasteiger partial charge in [-0.05, 0) is 61.4 Å². The molecule has 3 aromatic rings. The summed E-state index contributed by atoms with van der Waals surface area (Å²) in [5.74, 6) is 0.112. The van der Waals surface area contributed by atoms with Crippen molar-refractivity contribution in [1.29, 1.82) is 0 Å². The number of unbranched alkanes of at least 4 members (excludes halogenated alkanes) is 1. The number of methoxy groups -OCH3 is 2. The second-order valence-corrected chi connectivity index (χ2v) is 11.6. The first-order chi connectivity index (χ1) is 19.6. The molecular formula is C30H36ClN3O6S. The molecule has 3 rings (SSSR count). The summed E-state index contributed by atoms with van der Waals surface area (Å²) >= 11 is 6.35. The van der Waals surface area contributed by atoms with Crippen molar-refractivity contribution >= 4 is 39.1 Å². The zero-order valence-corrected chi connectivity index (χ0v) is 25.2. The van der Waals surface area contributed by atoms with Crippen molar-refractivity contribution in [1.82, 2.24) is 10.2 Å². The summed E-state index contributed by atoms with van der Waals surface area (Å²) in [6, 6.07) is 18.5. The van der Waals surface area contributed by atoms with E-state index in [2.05, 4.69) is 5.32 Å². The van der Waals surface area contributed by atoms with Gasteiger partial charge >= 0.3 is 0 Å². The fourth-order valence-corrected chi connectivity index (χ4v) is 5.78. The highest BCUT2D eigenvalue weighted by Gasteiger charge is 2.32. The van der Waals surface area contributed by atoms with E-state index in [1.54, 1.807) is 56.5 Å². The molecule has 41 heavy (non-hydrogen) atoms. The van der Waals surface area contributed by atoms with Gasteiger partial charge in [0.25, 0.3) is 10.0 Å². The Morgan fingerprint density at radius 3 is 2.24 bits per heavy atom. The van der Waals surface area contributed by atoms with E-state index in [4.69, 9.17) is 21.1 Å². The van der Waals surface area contributed by atoms with E-state index in [-0.39, 0.29) is 28.1 Å². The lowest BCUT2D eigenvalue weighted by atomic mass is 10.1. The Balaban J connectivity index is 2.02. The van der Waals surface area contributed by atoms with Gasteiger partial charge in [0.15, 0.2) is 0 Å². The predicted octanol–water partition coefficient (Wildman–Crippen LogP) is 4.89. The molecule has 0 aliphatic carbocycles. The second kappa shape index (κ2) is 14.7. The van der Waals surface area contributed by atoms with Crippen LogP contribution < -0.4 is 19.1 Å². The van der Waals surface area contributed by atoms with Crippen molar-refractivity contribution in [3.05, 3.63) is 83.4 Å². The van der Waals surface area contributed by atoms with Crippen LogP contribution in [0.3, 0.4) is 0 Å². The highest BCUT2D eigenvalue weighted by atomic mass is 35.5. The van der Waals surface area contributed by atoms with Gasteiger partial charge in [-0.3, -0.25) is 13.9 Å². The molecule has 0 radical (unpaired) electrons. The Bertz CT molecular complexity index is 1420. The molecule has 0 unspecified atom stereocenters. The summed E-state index contributed by atoms with van der Waals surface area (Å²) in [6.45, 7) is 3.63. The van der Waals surface area contributed by atoms with Crippen LogP contribution in [0.15, 0.2) is 77.7 Å². The Hall–Kier alpha value is -3.76. The van der Waals surface area contributed by atoms with Crippen molar-refractivity contribution in [2.75, 3.05) is 31.6 Å². The van der Waals surface area contributed by atoms with Gasteiger partial charge in [-0.2, -0.15) is 0 Å². The van der Waals surface area contributed by atoms with Crippen LogP contribution in [0.2, 0.25) is 5.02 Å². The summed E-state index contributed by atoms with van der Waals surface area (Å²) in [5.41, 5.74) is 0.926. The van der Waals surface area contributed by atoms with Gasteiger partial charge in [0.05, 0.1) is 29.8 Å². The van der Waals surface area contributed by atoms with Crippen LogP contribution in [0.5, 0.6) is 11.5 Å². The average molecular weight is 602 g/mol. The van der Waals surface area contributed by atoms with E-state index < -0.39 is 28.5 Å². The molecule has 0 fully saturated rings. The standard InChI is InChI=1S/C30H36ClN3O6S/c1-5-6-18-32-30(36)22(2)33(20-23-12-15-25(39-3)16-13-23)29(35)21-34(24-14-17-28(40-4)27(31)19-24)41(37,38)26-10-8-7-9-11-26/h7-17,19,22H,5-6,18,20-21H2,1-4H3,(H,32,36)/t22-/m0/s1. The minimum absolute atomic E-state index is 0.00630. The van der Waals surface area contributed by atoms with E-state index in [1.165, 1.54) is 42.3 Å². The number of benzene rings is 3. The van der Waals surface area contributed by atoms with Gasteiger partial charge < -0.3 is 19.7 Å². The molecule has 0 spiro atoms. The van der Waals surface area contributed by atoms with Crippen LogP contribution in [0, 0.1) is 0 Å². The number of nitrogens with zero attached hydrogens (tertiary/aromatic N) is 2. The molecule has 11 heteroatoms. The van der Waals surface area contributed by atoms with Gasteiger partial charge in [-0.15, -0.1) is 0 Å². The molecule has 0 saturated heterocycles. The average Bonchev–Trinajstić information content (AvgIpc) is 2.98. The molecule has 220 valence electrons. The highest BCUT2D eigenvalue weighted by Crippen LogP contribution is 2.32. The Morgan fingerprint density at radius 2 is 1.66 bits per heavy atom. The lowest BCUT2D eigenvalue weighted by Gasteiger charge is -2.32. The number of ether oxygens (including phenoxy) is 2. The molecule has 0 aromatic heterocycles. The van der Waals surface area contributed by atoms with Gasteiger partial charge in [0.1, 0.15) is 24.1 Å². The second-order valence-electron chi connectivity index (χ2n) is 9.33. The first-order valence-corrected chi connectivity index (χ1v) is 15.1. The number of sulfonamides is 1. The summed E-state index contributed by atoms with van der Waals surface area (Å²) in [4.78, 5) is 28.4. The summed E-state index contributed by atoms with van der Waals surface area (Å²) in [7, 11) is -1.19. The molecule has 0 saturated carbocycles. The van der Waals surface area contributed by atoms with E-state index in [1.807, 2.05) is 6.92 Å². The maximum absolute atomic E-state index is 14.0. The first-order valence-electron chi connectivity index (χ1n) is 13.2. The lowest BCUT2D eigenvalue weighted by Crippen LogP contribution is -2.51. The van der Waals surface area contributed by atoms with Crippen molar-refractivity contribution in [2.45, 2.75) is 44.2 Å². The maximum Gasteiger partial charge on any atom is 0.264 e. The Morgan fingerprint density at radius 1 is 0.976 bits per heavy atom. The van der Waals surface area contributed by atoms with Crippen molar-refractivity contribution < 1.29 is 27.5 Å². The van der Waals surface area contributed by atoms with E-state index >= 15 is 0 Å². The highest BCUT2D eigenvalue weighted by molar-refractivity contribution is 7.92. The predicted molar refractivity (Wildman–Crippen MR) is 160 cm³/mol. The van der Waals surface area contributed by atoms with Crippen LogP contribution in [0.25, 0.3) is 0 Å². The molecule has 0 aliphatic rings. The number of anilines is 1. The summed E-state index contributed by atoms with van der Waals surface area (Å²) < 4.78 is 39.2. The van der Waals surface area contributed by atoms with Gasteiger partial charge in [-0.1, -0.05) is 55.3 Å². The fourth-order valence-electron chi connectivity index (χ4n) is 4.11. The number of nitrogens with one attached hydrogen (secondary N) is 1. The molecule has 2 amide bonds. The van der Waals surface area contributed by atoms with E-state index in [0.29, 0.717) is 18.0 Å². The van der Waals surface area contributed by atoms with Crippen molar-refractivity contribution in [3.63, 3.8) is 0 Å². The van der Waals surface area contributed by atoms with Gasteiger partial charge in [-0.25, -0.2) is 8.42 Å². The molecule has 1 N–H and O–H groups in total. The number of halogens is 1. The minimum atomic E-state index is -4.20. The van der Waals surface area contributed by atoms with E-state index in [9.17, 15) is 18.0 Å². The van der Waals surface area contributed by atoms with Gasteiger partial charge in [0.2, 0.25) is 11.8 Å².